The summed E-state index contributed by atoms with van der Waals surface area (Å²) >= 11 is 1.17. The van der Waals surface area contributed by atoms with Gasteiger partial charge in [-0.05, 0) is 65.0 Å². The highest BCUT2D eigenvalue weighted by Crippen LogP contribution is 2.46. The van der Waals surface area contributed by atoms with Crippen molar-refractivity contribution in [2.75, 3.05) is 0 Å². The molecule has 12 rings (SSSR count). The molecule has 12 aromatic rings. The van der Waals surface area contributed by atoms with Gasteiger partial charge in [0.1, 0.15) is 11.2 Å². The van der Waals surface area contributed by atoms with Crippen LogP contribution in [0.5, 0.6) is 0 Å². The van der Waals surface area contributed by atoms with E-state index in [1.165, 1.54) is 0 Å². The lowest BCUT2D eigenvalue weighted by Gasteiger charge is -2.10. The molecule has 0 fully saturated rings. The fourth-order valence-corrected chi connectivity index (χ4v) is 8.50. The lowest BCUT2D eigenvalue weighted by molar-refractivity contribution is 0.669. The number of benzene rings is 8. The second-order valence-electron chi connectivity index (χ2n) is 12.1. The maximum atomic E-state index is 10.1. The first-order chi connectivity index (χ1) is 40.3. The van der Waals surface area contributed by atoms with E-state index in [1.54, 1.807) is 0 Å². The highest BCUT2D eigenvalue weighted by atomic mass is 32.1. The largest absolute Gasteiger partial charge is 0.456 e. The van der Waals surface area contributed by atoms with E-state index in [4.69, 9.17) is 30.5 Å². The van der Waals surface area contributed by atoms with Gasteiger partial charge in [-0.15, -0.1) is 22.7 Å². The Kier molecular flexibility index (Phi) is 3.32. The number of nitrogens with zero attached hydrogens (tertiary/aromatic N) is 3. The van der Waals surface area contributed by atoms with E-state index in [-0.39, 0.29) is 45.7 Å². The molecule has 0 spiro atoms. The van der Waals surface area contributed by atoms with Gasteiger partial charge < -0.3 is 4.42 Å². The van der Waals surface area contributed by atoms with Crippen molar-refractivity contribution in [3.05, 3.63) is 175 Å². The summed E-state index contributed by atoms with van der Waals surface area (Å²) in [5.74, 6) is -2.21. The van der Waals surface area contributed by atoms with Gasteiger partial charge in [-0.25, -0.2) is 15.0 Å². The number of hydrogen-bond acceptors (Lipinski definition) is 6. The van der Waals surface area contributed by atoms with E-state index in [0.29, 0.717) is 22.7 Å². The maximum absolute atomic E-state index is 10.1. The molecule has 0 N–H and O–H groups in total. The summed E-state index contributed by atoms with van der Waals surface area (Å²) in [6.07, 6.45) is 0. The van der Waals surface area contributed by atoms with Gasteiger partial charge in [-0.1, -0.05) is 127 Å². The molecule has 0 aliphatic heterocycles. The fraction of sp³-hybridized carbons (Fsp3) is 0. The summed E-state index contributed by atoms with van der Waals surface area (Å²) in [7, 11) is 0. The summed E-state index contributed by atoms with van der Waals surface area (Å²) < 4.78 is 265. The average molecular weight is 793 g/mol. The van der Waals surface area contributed by atoms with Crippen LogP contribution in [0.4, 0.5) is 0 Å². The molecule has 0 saturated carbocycles. The van der Waals surface area contributed by atoms with E-state index in [1.807, 2.05) is 0 Å². The van der Waals surface area contributed by atoms with Crippen molar-refractivity contribution < 1.29 is 44.2 Å². The fourth-order valence-electron chi connectivity index (χ4n) is 6.32. The summed E-state index contributed by atoms with van der Waals surface area (Å²) in [6.45, 7) is 0. The average Bonchev–Trinajstić information content (AvgIpc) is 1.56. The molecule has 266 valence electrons. The normalized spacial score (nSPS) is 19.0. The molecule has 0 saturated heterocycles. The van der Waals surface area contributed by atoms with Crippen molar-refractivity contribution in [1.29, 1.82) is 0 Å². The Bertz CT molecular complexity index is 5100. The van der Waals surface area contributed by atoms with Crippen LogP contribution in [0.25, 0.3) is 119 Å². The Morgan fingerprint density at radius 2 is 0.947 bits per heavy atom. The number of aromatic nitrogens is 3. The number of thiophene rings is 2. The van der Waals surface area contributed by atoms with Gasteiger partial charge in [0.15, 0.2) is 17.5 Å². The zero-order chi connectivity index (χ0) is 62.7. The minimum atomic E-state index is -0.920. The molecule has 6 heteroatoms. The van der Waals surface area contributed by atoms with Crippen molar-refractivity contribution in [3.8, 4) is 56.4 Å². The van der Waals surface area contributed by atoms with Crippen LogP contribution in [-0.2, 0) is 0 Å². The molecule has 0 bridgehead atoms. The molecule has 4 aromatic heterocycles. The minimum absolute atomic E-state index is 0.181. The highest BCUT2D eigenvalue weighted by molar-refractivity contribution is 7.26. The Labute approximate surface area is 375 Å². The third-order valence-corrected chi connectivity index (χ3v) is 11.1. The molecule has 0 atom stereocenters. The van der Waals surface area contributed by atoms with Crippen LogP contribution in [0.2, 0.25) is 0 Å². The monoisotopic (exact) mass is 792 g/mol. The van der Waals surface area contributed by atoms with E-state index in [2.05, 4.69) is 15.0 Å². The molecular weight excluding hydrogens is 735 g/mol. The van der Waals surface area contributed by atoms with E-state index in [0.717, 1.165) is 0 Å². The van der Waals surface area contributed by atoms with Crippen molar-refractivity contribution >= 4 is 85.0 Å². The van der Waals surface area contributed by atoms with Crippen molar-refractivity contribution in [2.45, 2.75) is 0 Å². The Morgan fingerprint density at radius 3 is 1.75 bits per heavy atom. The lowest BCUT2D eigenvalue weighted by Crippen LogP contribution is -2.00. The first-order valence-corrected chi connectivity index (χ1v) is 18.2. The van der Waals surface area contributed by atoms with Gasteiger partial charge in [0.05, 0.1) is 39.8 Å². The smallest absolute Gasteiger partial charge is 0.165 e. The van der Waals surface area contributed by atoms with Gasteiger partial charge in [0.25, 0.3) is 0 Å². The van der Waals surface area contributed by atoms with Crippen LogP contribution in [-0.4, -0.2) is 15.0 Å². The van der Waals surface area contributed by atoms with Crippen molar-refractivity contribution in [3.63, 3.8) is 0 Å². The number of para-hydroxylation sites is 1. The predicted octanol–water partition coefficient (Wildman–Crippen LogP) is 14.8. The molecule has 8 aromatic carbocycles. The van der Waals surface area contributed by atoms with Gasteiger partial charge in [0.2, 0.25) is 0 Å². The van der Waals surface area contributed by atoms with Crippen LogP contribution in [0.3, 0.4) is 0 Å². The Balaban J connectivity index is 1.23. The Hall–Kier alpha value is -6.99. The van der Waals surface area contributed by atoms with Crippen LogP contribution in [0, 0.1) is 0 Å². The lowest BCUT2D eigenvalue weighted by atomic mass is 9.95. The third kappa shape index (κ3) is 5.30. The van der Waals surface area contributed by atoms with Crippen LogP contribution in [0.1, 0.15) is 39.8 Å². The zero-order valence-electron chi connectivity index (χ0n) is 57.1. The van der Waals surface area contributed by atoms with Crippen LogP contribution in [0.15, 0.2) is 180 Å². The standard InChI is InChI=1S/C51H29N3OS2/c1-3-12-30(13-4-1)49-52-50(31-14-5-2-6-15-31)54-51(53-49)39-19-11-18-38-37-24-22-32(29-46(37)57-47(38)39)34-27-40(48-42(28-34)36-17-8-10-21-45(36)56-48)33-23-25-44-41(26-33)35-16-7-9-20-43(35)55-44/h1-29H/i1D,2D,3D,4D,5D,6D,7D,8D,9D,10D,11D,12D,13D,14D,15D,16D,17D,18D,19D,20D,21D,22D,23D,24D,25D,26D,27D,28D,29D. The summed E-state index contributed by atoms with van der Waals surface area (Å²) in [6, 6.07) is -23.0. The number of rotatable bonds is 5. The van der Waals surface area contributed by atoms with Gasteiger partial charge in [-0.3, -0.25) is 0 Å². The molecular formula is C51H29N3OS2. The number of furan rings is 1. The summed E-state index contributed by atoms with van der Waals surface area (Å²) in [5, 5.41) is -2.18. The minimum Gasteiger partial charge on any atom is -0.456 e. The zero-order valence-corrected chi connectivity index (χ0v) is 29.7. The van der Waals surface area contributed by atoms with Gasteiger partial charge in [0, 0.05) is 73.4 Å². The Morgan fingerprint density at radius 1 is 0.351 bits per heavy atom. The van der Waals surface area contributed by atoms with E-state index < -0.39 is 248 Å². The van der Waals surface area contributed by atoms with Crippen molar-refractivity contribution in [2.24, 2.45) is 0 Å². The number of hydrogen-bond donors (Lipinski definition) is 0. The highest BCUT2D eigenvalue weighted by Gasteiger charge is 2.19. The molecule has 0 amide bonds. The van der Waals surface area contributed by atoms with Crippen LogP contribution >= 0.6 is 22.7 Å². The predicted molar refractivity (Wildman–Crippen MR) is 240 cm³/mol. The molecule has 0 aliphatic carbocycles. The third-order valence-electron chi connectivity index (χ3n) is 8.81. The summed E-state index contributed by atoms with van der Waals surface area (Å²) in [4.78, 5) is 13.1. The van der Waals surface area contributed by atoms with Gasteiger partial charge >= 0.3 is 0 Å². The quantitative estimate of drug-likeness (QED) is 0.174. The SMILES string of the molecule is [2H]c1c([2H])c([2H])c(-c2nc(-c3c([2H])c([2H])c([2H])c([2H])c3[2H])nc(-c3c([2H])c([2H])c([2H])c4c3sc3c([2H])c(-c5c([2H])c(-c6c([2H])c([2H])c7oc8c([2H])c([2H])c([2H])c([2H])c8c7c6[2H])c6sc7c([2H])c([2H])c([2H])c([2H])c7c6c5[2H])c([2H])c([2H])c34)n2)c([2H])c1[2H]. The second-order valence-corrected chi connectivity index (χ2v) is 14.1. The summed E-state index contributed by atoms with van der Waals surface area (Å²) in [5.41, 5.74) is -5.33. The van der Waals surface area contributed by atoms with E-state index in [9.17, 15) is 13.7 Å². The molecule has 4 nitrogen and oxygen atoms in total. The molecule has 0 radical (unpaired) electrons. The van der Waals surface area contributed by atoms with Gasteiger partial charge in [-0.2, -0.15) is 0 Å². The van der Waals surface area contributed by atoms with E-state index >= 15 is 0 Å². The first kappa shape index (κ1) is 14.8. The topological polar surface area (TPSA) is 51.8 Å². The first-order valence-electron chi connectivity index (χ1n) is 31.1. The van der Waals surface area contributed by atoms with Crippen LogP contribution < -0.4 is 0 Å². The maximum Gasteiger partial charge on any atom is 0.165 e. The molecule has 0 unspecified atom stereocenters. The molecule has 0 aliphatic rings. The number of fused-ring (bicyclic) bond motifs is 9. The second kappa shape index (κ2) is 12.8. The van der Waals surface area contributed by atoms with Crippen molar-refractivity contribution in [1.82, 2.24) is 15.0 Å². The molecule has 4 heterocycles. The molecule has 57 heavy (non-hydrogen) atoms.